The molecule has 1 aromatic heterocycles. The van der Waals surface area contributed by atoms with Crippen molar-refractivity contribution in [2.45, 2.75) is 38.1 Å². The number of benzene rings is 1. The molecule has 0 spiro atoms. The Balaban J connectivity index is 1.64. The first-order valence-corrected chi connectivity index (χ1v) is 8.34. The third-order valence-corrected chi connectivity index (χ3v) is 5.11. The Labute approximate surface area is 136 Å². The Hall–Kier alpha value is -2.36. The van der Waals surface area contributed by atoms with Crippen LogP contribution in [0, 0.1) is 0 Å². The molecular weight excluding hydrogens is 286 g/mol. The van der Waals surface area contributed by atoms with Gasteiger partial charge in [0.05, 0.1) is 11.6 Å². The van der Waals surface area contributed by atoms with E-state index in [9.17, 15) is 4.79 Å². The summed E-state index contributed by atoms with van der Waals surface area (Å²) in [5, 5.41) is 0. The molecule has 1 aliphatic heterocycles. The predicted molar refractivity (Wildman–Crippen MR) is 88.4 cm³/mol. The quantitative estimate of drug-likeness (QED) is 0.684. The number of pyridine rings is 1. The van der Waals surface area contributed by atoms with Crippen molar-refractivity contribution in [1.82, 2.24) is 4.90 Å². The van der Waals surface area contributed by atoms with Gasteiger partial charge >= 0.3 is 0 Å². The molecule has 118 valence electrons. The monoisotopic (exact) mass is 308 g/mol. The molecule has 4 heteroatoms. The molecule has 1 saturated carbocycles. The van der Waals surface area contributed by atoms with Crippen LogP contribution in [-0.2, 0) is 6.42 Å². The van der Waals surface area contributed by atoms with Gasteiger partial charge in [0.2, 0.25) is 5.69 Å². The Kier molecular flexibility index (Phi) is 3.33. The van der Waals surface area contributed by atoms with Crippen LogP contribution >= 0.6 is 0 Å². The Morgan fingerprint density at radius 3 is 2.83 bits per heavy atom. The van der Waals surface area contributed by atoms with Gasteiger partial charge in [0, 0.05) is 24.6 Å². The second kappa shape index (κ2) is 5.37. The van der Waals surface area contributed by atoms with Crippen LogP contribution in [0.4, 0.5) is 0 Å². The predicted octanol–water partition coefficient (Wildman–Crippen LogP) is 2.32. The van der Waals surface area contributed by atoms with E-state index in [1.807, 2.05) is 29.3 Å². The average molecular weight is 308 g/mol. The van der Waals surface area contributed by atoms with E-state index in [0.717, 1.165) is 24.2 Å². The number of rotatable bonds is 2. The minimum absolute atomic E-state index is 0.106. The number of hydrogen-bond donors (Lipinski definition) is 1. The molecule has 1 aliphatic carbocycles. The van der Waals surface area contributed by atoms with E-state index in [0.29, 0.717) is 5.92 Å². The van der Waals surface area contributed by atoms with Crippen molar-refractivity contribution >= 4 is 5.91 Å². The maximum atomic E-state index is 13.0. The van der Waals surface area contributed by atoms with E-state index in [1.165, 1.54) is 24.0 Å². The van der Waals surface area contributed by atoms with Gasteiger partial charge < -0.3 is 4.90 Å². The van der Waals surface area contributed by atoms with E-state index in [2.05, 4.69) is 25.1 Å². The zero-order chi connectivity index (χ0) is 16.0. The van der Waals surface area contributed by atoms with E-state index in [4.69, 9.17) is 5.84 Å². The molecule has 0 saturated heterocycles. The average Bonchev–Trinajstić information content (AvgIpc) is 3.40. The number of carbonyl (C=O) groups excluding carboxylic acids is 1. The summed E-state index contributed by atoms with van der Waals surface area (Å²) in [6, 6.07) is 12.3. The Morgan fingerprint density at radius 2 is 2.04 bits per heavy atom. The molecule has 2 aromatic rings. The van der Waals surface area contributed by atoms with E-state index in [1.54, 1.807) is 4.68 Å². The molecule has 4 nitrogen and oxygen atoms in total. The number of nitrogens with zero attached hydrogens (tertiary/aromatic N) is 2. The van der Waals surface area contributed by atoms with E-state index in [-0.39, 0.29) is 11.9 Å². The third kappa shape index (κ3) is 2.48. The molecule has 2 aliphatic rings. The number of amides is 1. The highest BCUT2D eigenvalue weighted by atomic mass is 16.2. The highest BCUT2D eigenvalue weighted by Crippen LogP contribution is 2.38. The maximum Gasteiger partial charge on any atom is 0.254 e. The standard InChI is InChI=1S/C19H21N3O/c1-13-17-5-3-2-4-14(17)8-10-21(13)19(23)16-9-11-22(20)18(12-16)15-6-7-15/h2-5,9,11-13,15H,6-8,10H2,1H3,(H-,20,23)/p+1/t13-/m1/s1. The number of hydrogen-bond acceptors (Lipinski definition) is 2. The summed E-state index contributed by atoms with van der Waals surface area (Å²) in [4.78, 5) is 15.0. The lowest BCUT2D eigenvalue weighted by Crippen LogP contribution is -2.48. The SMILES string of the molecule is C[C@@H]1c2ccccc2CCN1C(=O)c1cc[n+](N)c(C2CC2)c1. The van der Waals surface area contributed by atoms with Crippen LogP contribution in [0.25, 0.3) is 0 Å². The van der Waals surface area contributed by atoms with Crippen molar-refractivity contribution in [3.8, 4) is 0 Å². The first-order valence-electron chi connectivity index (χ1n) is 8.34. The molecule has 1 fully saturated rings. The fraction of sp³-hybridized carbons (Fsp3) is 0.368. The molecule has 0 radical (unpaired) electrons. The summed E-state index contributed by atoms with van der Waals surface area (Å²) >= 11 is 0. The summed E-state index contributed by atoms with van der Waals surface area (Å²) in [7, 11) is 0. The zero-order valence-corrected chi connectivity index (χ0v) is 13.4. The molecule has 1 aromatic carbocycles. The lowest BCUT2D eigenvalue weighted by molar-refractivity contribution is -0.647. The van der Waals surface area contributed by atoms with Crippen LogP contribution in [0.5, 0.6) is 0 Å². The fourth-order valence-corrected chi connectivity index (χ4v) is 3.58. The van der Waals surface area contributed by atoms with Crippen molar-refractivity contribution in [3.63, 3.8) is 0 Å². The highest BCUT2D eigenvalue weighted by Gasteiger charge is 2.34. The van der Waals surface area contributed by atoms with Gasteiger partial charge in [-0.1, -0.05) is 28.9 Å². The molecule has 2 heterocycles. The molecule has 1 atom stereocenters. The third-order valence-electron chi connectivity index (χ3n) is 5.11. The summed E-state index contributed by atoms with van der Waals surface area (Å²) in [6.07, 6.45) is 5.07. The topological polar surface area (TPSA) is 50.2 Å². The second-order valence-electron chi connectivity index (χ2n) is 6.65. The summed E-state index contributed by atoms with van der Waals surface area (Å²) < 4.78 is 1.66. The molecule has 0 unspecified atom stereocenters. The van der Waals surface area contributed by atoms with Gasteiger partial charge in [0.15, 0.2) is 6.20 Å². The number of nitrogens with two attached hydrogens (primary N) is 1. The maximum absolute atomic E-state index is 13.0. The number of aromatic nitrogens is 1. The van der Waals surface area contributed by atoms with E-state index < -0.39 is 0 Å². The van der Waals surface area contributed by atoms with Gasteiger partial charge in [0.25, 0.3) is 5.91 Å². The van der Waals surface area contributed by atoms with Crippen LogP contribution in [0.15, 0.2) is 42.6 Å². The Bertz CT molecular complexity index is 767. The largest absolute Gasteiger partial charge is 0.332 e. The molecule has 4 rings (SSSR count). The molecule has 2 N–H and O–H groups in total. The summed E-state index contributed by atoms with van der Waals surface area (Å²) in [5.41, 5.74) is 4.44. The normalized spacial score (nSPS) is 20.2. The lowest BCUT2D eigenvalue weighted by Gasteiger charge is -2.35. The Morgan fingerprint density at radius 1 is 1.26 bits per heavy atom. The van der Waals surface area contributed by atoms with Crippen LogP contribution in [0.3, 0.4) is 0 Å². The molecule has 1 amide bonds. The first-order chi connectivity index (χ1) is 11.1. The summed E-state index contributed by atoms with van der Waals surface area (Å²) in [6.45, 7) is 2.89. The fourth-order valence-electron chi connectivity index (χ4n) is 3.58. The number of nitrogen functional groups attached to an aromatic ring is 1. The number of fused-ring (bicyclic) bond motifs is 1. The van der Waals surface area contributed by atoms with Gasteiger partial charge in [-0.25, -0.2) is 5.84 Å². The van der Waals surface area contributed by atoms with Crippen LogP contribution in [0.2, 0.25) is 0 Å². The van der Waals surface area contributed by atoms with Gasteiger partial charge in [0.1, 0.15) is 0 Å². The van der Waals surface area contributed by atoms with Crippen molar-refractivity contribution in [3.05, 3.63) is 65.0 Å². The smallest absolute Gasteiger partial charge is 0.254 e. The lowest BCUT2D eigenvalue weighted by atomic mass is 9.93. The van der Waals surface area contributed by atoms with Crippen molar-refractivity contribution < 1.29 is 9.47 Å². The summed E-state index contributed by atoms with van der Waals surface area (Å²) in [5.74, 6) is 6.62. The van der Waals surface area contributed by atoms with Crippen molar-refractivity contribution in [2.75, 3.05) is 12.4 Å². The van der Waals surface area contributed by atoms with Gasteiger partial charge in [-0.05, 0) is 37.3 Å². The van der Waals surface area contributed by atoms with Crippen molar-refractivity contribution in [2.24, 2.45) is 0 Å². The van der Waals surface area contributed by atoms with Crippen LogP contribution in [0.1, 0.15) is 58.9 Å². The number of carbonyl (C=O) groups is 1. The van der Waals surface area contributed by atoms with Crippen LogP contribution < -0.4 is 10.5 Å². The van der Waals surface area contributed by atoms with E-state index >= 15 is 0 Å². The minimum Gasteiger partial charge on any atom is -0.332 e. The van der Waals surface area contributed by atoms with Gasteiger partial charge in [-0.2, -0.15) is 0 Å². The molecule has 23 heavy (non-hydrogen) atoms. The molecule has 0 bridgehead atoms. The van der Waals surface area contributed by atoms with Gasteiger partial charge in [-0.3, -0.25) is 4.79 Å². The van der Waals surface area contributed by atoms with Gasteiger partial charge in [-0.15, -0.1) is 0 Å². The second-order valence-corrected chi connectivity index (χ2v) is 6.65. The van der Waals surface area contributed by atoms with Crippen molar-refractivity contribution in [1.29, 1.82) is 0 Å². The minimum atomic E-state index is 0.106. The van der Waals surface area contributed by atoms with Crippen LogP contribution in [-0.4, -0.2) is 17.4 Å². The molecular formula is C19H22N3O+. The zero-order valence-electron chi connectivity index (χ0n) is 13.4. The first kappa shape index (κ1) is 14.2. The highest BCUT2D eigenvalue weighted by molar-refractivity contribution is 5.94.